The van der Waals surface area contributed by atoms with Gasteiger partial charge in [-0.2, -0.15) is 0 Å². The maximum Gasteiger partial charge on any atom is 0.261 e. The molecule has 1 aromatic rings. The summed E-state index contributed by atoms with van der Waals surface area (Å²) in [5, 5.41) is 10.5. The first-order valence-electron chi connectivity index (χ1n) is 3.61. The highest BCUT2D eigenvalue weighted by Gasteiger charge is 2.10. The number of benzene rings is 1. The lowest BCUT2D eigenvalue weighted by atomic mass is 10.2. The highest BCUT2D eigenvalue weighted by molar-refractivity contribution is 14.1. The molecule has 0 spiro atoms. The smallest absolute Gasteiger partial charge is 0.261 e. The van der Waals surface area contributed by atoms with Crippen LogP contribution in [0.25, 0.3) is 6.08 Å². The predicted octanol–water partition coefficient (Wildman–Crippen LogP) is 3.11. The summed E-state index contributed by atoms with van der Waals surface area (Å²) < 4.78 is 48.7. The fraction of sp³-hybridized carbons (Fsp3) is 0. The van der Waals surface area contributed by atoms with Gasteiger partial charge in [0.2, 0.25) is 0 Å². The van der Waals surface area contributed by atoms with Crippen molar-refractivity contribution in [2.45, 2.75) is 0 Å². The van der Waals surface area contributed by atoms with Gasteiger partial charge in [0.05, 0.1) is 5.56 Å². The molecule has 0 radical (unpaired) electrons. The zero-order valence-electron chi connectivity index (χ0n) is 7.08. The molecule has 0 heterocycles. The van der Waals surface area contributed by atoms with Crippen molar-refractivity contribution in [1.29, 1.82) is 0 Å². The molecule has 0 fully saturated rings. The second-order valence-electron chi connectivity index (χ2n) is 2.41. The Bertz CT molecular complexity index is 411. The molecule has 3 nitrogen and oxygen atoms in total. The lowest BCUT2D eigenvalue weighted by Gasteiger charge is -2.13. The Hall–Kier alpha value is -0.960. The molecule has 0 N–H and O–H groups in total. The van der Waals surface area contributed by atoms with Gasteiger partial charge < -0.3 is 8.48 Å². The van der Waals surface area contributed by atoms with E-state index in [1.807, 2.05) is 0 Å². The van der Waals surface area contributed by atoms with Gasteiger partial charge in [0.25, 0.3) is 21.5 Å². The first kappa shape index (κ1) is 12.1. The van der Waals surface area contributed by atoms with Crippen LogP contribution >= 0.6 is 21.5 Å². The molecule has 1 aromatic carbocycles. The lowest BCUT2D eigenvalue weighted by molar-refractivity contribution is 0.492. The van der Waals surface area contributed by atoms with Gasteiger partial charge in [-0.1, -0.05) is 0 Å². The van der Waals surface area contributed by atoms with Crippen LogP contribution in [0.5, 0.6) is 0 Å². The van der Waals surface area contributed by atoms with Crippen molar-refractivity contribution >= 4 is 27.5 Å². The van der Waals surface area contributed by atoms with Crippen LogP contribution < -0.4 is 0 Å². The summed E-state index contributed by atoms with van der Waals surface area (Å²) in [5.74, 6) is -3.60. The number of halogens is 4. The van der Waals surface area contributed by atoms with Crippen LogP contribution in [0.4, 0.5) is 13.2 Å². The second-order valence-corrected chi connectivity index (χ2v) is 3.76. The molecule has 7 heteroatoms. The van der Waals surface area contributed by atoms with E-state index >= 15 is 0 Å². The van der Waals surface area contributed by atoms with E-state index in [4.69, 9.17) is 0 Å². The first-order chi connectivity index (χ1) is 7.06. The Morgan fingerprint density at radius 3 is 2.47 bits per heavy atom. The van der Waals surface area contributed by atoms with Gasteiger partial charge in [-0.3, -0.25) is 0 Å². The van der Waals surface area contributed by atoms with Crippen LogP contribution in [0.15, 0.2) is 18.3 Å². The molecule has 0 aromatic heterocycles. The standard InChI is InChI=1S/C8H4F3INO2/c9-6-1-2-7(10)8(11)5(6)3-4-13(15)12-14/h1-4H/q-1/b4-3+. The number of hydrogen-bond acceptors (Lipinski definition) is 2. The summed E-state index contributed by atoms with van der Waals surface area (Å²) in [4.78, 5) is 0. The van der Waals surface area contributed by atoms with E-state index in [0.717, 1.165) is 12.1 Å². The normalized spacial score (nSPS) is 10.9. The minimum absolute atomic E-state index is 0.0304. The molecular formula is C8H4F3INO2-. The summed E-state index contributed by atoms with van der Waals surface area (Å²) in [7, 11) is 0. The highest BCUT2D eigenvalue weighted by Crippen LogP contribution is 2.18. The van der Waals surface area contributed by atoms with E-state index in [9.17, 15) is 21.4 Å². The number of hydroxylamine groups is 1. The Morgan fingerprint density at radius 1 is 1.27 bits per heavy atom. The largest absolute Gasteiger partial charge is 0.748 e. The third kappa shape index (κ3) is 2.99. The highest BCUT2D eigenvalue weighted by atomic mass is 127. The van der Waals surface area contributed by atoms with Gasteiger partial charge in [0.1, 0.15) is 5.82 Å². The predicted molar refractivity (Wildman–Crippen MR) is 55.3 cm³/mol. The molecule has 0 atom stereocenters. The van der Waals surface area contributed by atoms with Crippen molar-refractivity contribution in [3.63, 3.8) is 0 Å². The fourth-order valence-electron chi connectivity index (χ4n) is 0.852. The Balaban J connectivity index is 3.08. The van der Waals surface area contributed by atoms with Crippen molar-refractivity contribution in [3.05, 3.63) is 46.6 Å². The number of rotatable bonds is 3. The molecule has 1 rings (SSSR count). The maximum atomic E-state index is 13.0. The average molecular weight is 330 g/mol. The van der Waals surface area contributed by atoms with Gasteiger partial charge in [0, 0.05) is 0 Å². The van der Waals surface area contributed by atoms with Crippen molar-refractivity contribution in [3.8, 4) is 0 Å². The summed E-state index contributed by atoms with van der Waals surface area (Å²) in [5.41, 5.74) is -0.673. The number of nitrogens with zero attached hydrogens (tertiary/aromatic N) is 1. The molecule has 0 aliphatic rings. The number of hydrogen-bond donors (Lipinski definition) is 0. The summed E-state index contributed by atoms with van der Waals surface area (Å²) in [6.45, 7) is 0. The summed E-state index contributed by atoms with van der Waals surface area (Å²) >= 11 is -1.98. The Morgan fingerprint density at radius 2 is 1.87 bits per heavy atom. The van der Waals surface area contributed by atoms with Crippen molar-refractivity contribution in [2.24, 2.45) is 0 Å². The molecule has 82 valence electrons. The van der Waals surface area contributed by atoms with Gasteiger partial charge in [-0.25, -0.2) is 16.2 Å². The second kappa shape index (κ2) is 5.21. The van der Waals surface area contributed by atoms with Crippen LogP contribution in [-0.2, 0) is 3.07 Å². The van der Waals surface area contributed by atoms with Crippen LogP contribution in [0.3, 0.4) is 0 Å². The van der Waals surface area contributed by atoms with Crippen molar-refractivity contribution in [2.75, 3.05) is 0 Å². The van der Waals surface area contributed by atoms with Crippen LogP contribution in [0.2, 0.25) is 0 Å². The van der Waals surface area contributed by atoms with E-state index in [0.29, 0.717) is 12.3 Å². The Labute approximate surface area is 93.8 Å². The molecule has 0 aliphatic heterocycles. The lowest BCUT2D eigenvalue weighted by Crippen LogP contribution is -1.95. The third-order valence-electron chi connectivity index (χ3n) is 1.51. The zero-order chi connectivity index (χ0) is 11.4. The van der Waals surface area contributed by atoms with E-state index in [2.05, 4.69) is 0 Å². The van der Waals surface area contributed by atoms with Crippen LogP contribution in [0, 0.1) is 22.7 Å². The van der Waals surface area contributed by atoms with Gasteiger partial charge in [0.15, 0.2) is 11.6 Å². The summed E-state index contributed by atoms with van der Waals surface area (Å²) in [6.07, 6.45) is 1.42. The molecule has 0 unspecified atom stereocenters. The zero-order valence-corrected chi connectivity index (χ0v) is 9.24. The fourth-order valence-corrected chi connectivity index (χ4v) is 1.14. The first-order valence-corrected chi connectivity index (χ1v) is 5.46. The van der Waals surface area contributed by atoms with Crippen LogP contribution in [-0.4, -0.2) is 3.28 Å². The molecule has 0 bridgehead atoms. The van der Waals surface area contributed by atoms with E-state index < -0.39 is 44.5 Å². The van der Waals surface area contributed by atoms with Gasteiger partial charge in [-0.05, 0) is 24.4 Å². The quantitative estimate of drug-likeness (QED) is 0.370. The molecule has 0 saturated heterocycles. The third-order valence-corrected chi connectivity index (χ3v) is 2.22. The average Bonchev–Trinajstić information content (AvgIpc) is 2.23. The minimum atomic E-state index is -1.98. The van der Waals surface area contributed by atoms with E-state index in [-0.39, 0.29) is 3.28 Å². The molecule has 15 heavy (non-hydrogen) atoms. The van der Waals surface area contributed by atoms with E-state index in [1.54, 1.807) is 0 Å². The minimum Gasteiger partial charge on any atom is -0.748 e. The van der Waals surface area contributed by atoms with Crippen molar-refractivity contribution < 1.29 is 16.2 Å². The van der Waals surface area contributed by atoms with Gasteiger partial charge in [-0.15, -0.1) is 0 Å². The van der Waals surface area contributed by atoms with Crippen molar-refractivity contribution in [1.82, 2.24) is 3.28 Å². The monoisotopic (exact) mass is 330 g/mol. The molecule has 0 aliphatic carbocycles. The van der Waals surface area contributed by atoms with Crippen LogP contribution in [0.1, 0.15) is 5.56 Å². The molecule has 0 saturated carbocycles. The van der Waals surface area contributed by atoms with E-state index in [1.165, 1.54) is 0 Å². The Kier molecular flexibility index (Phi) is 4.21. The molecule has 0 amide bonds. The van der Waals surface area contributed by atoms with Gasteiger partial charge >= 0.3 is 0 Å². The SMILES string of the molecule is O=IN([O-])/C=C/c1c(F)ccc(F)c1F. The maximum absolute atomic E-state index is 13.0. The topological polar surface area (TPSA) is 43.4 Å². The molecular weight excluding hydrogens is 326 g/mol. The summed E-state index contributed by atoms with van der Waals surface area (Å²) in [6, 6.07) is 1.37.